The van der Waals surface area contributed by atoms with E-state index in [9.17, 15) is 30.7 Å². The molecule has 7 heteroatoms. The lowest BCUT2D eigenvalue weighted by atomic mass is 9.97. The van der Waals surface area contributed by atoms with E-state index < -0.39 is 35.0 Å². The molecular weight excluding hydrogens is 433 g/mol. The van der Waals surface area contributed by atoms with E-state index in [0.717, 1.165) is 11.6 Å². The van der Waals surface area contributed by atoms with Crippen LogP contribution in [0.15, 0.2) is 61.2 Å². The van der Waals surface area contributed by atoms with Crippen LogP contribution in [-0.2, 0) is 25.4 Å². The van der Waals surface area contributed by atoms with Gasteiger partial charge in [-0.15, -0.1) is 6.58 Å². The summed E-state index contributed by atoms with van der Waals surface area (Å²) in [5, 5.41) is 0. The van der Waals surface area contributed by atoms with E-state index in [1.807, 2.05) is 0 Å². The van der Waals surface area contributed by atoms with Crippen LogP contribution in [0, 0.1) is 23.3 Å². The van der Waals surface area contributed by atoms with Crippen LogP contribution in [-0.4, -0.2) is 0 Å². The van der Waals surface area contributed by atoms with Crippen LogP contribution in [0.3, 0.4) is 0 Å². The quantitative estimate of drug-likeness (QED) is 0.253. The number of rotatable bonds is 7. The van der Waals surface area contributed by atoms with Crippen LogP contribution in [0.25, 0.3) is 11.1 Å². The fraction of sp³-hybridized carbons (Fsp3) is 0.200. The minimum absolute atomic E-state index is 0.000664. The second kappa shape index (κ2) is 9.59. The van der Waals surface area contributed by atoms with Crippen molar-refractivity contribution < 1.29 is 30.7 Å². The van der Waals surface area contributed by atoms with Crippen LogP contribution in [0.4, 0.5) is 30.7 Å². The highest BCUT2D eigenvalue weighted by molar-refractivity contribution is 5.65. The maximum absolute atomic E-state index is 14.6. The van der Waals surface area contributed by atoms with Crippen molar-refractivity contribution in [2.45, 2.75) is 31.9 Å². The zero-order chi connectivity index (χ0) is 23.5. The third kappa shape index (κ3) is 5.39. The van der Waals surface area contributed by atoms with Gasteiger partial charge >= 0.3 is 6.18 Å². The summed E-state index contributed by atoms with van der Waals surface area (Å²) in [6.07, 6.45) is -2.15. The zero-order valence-electron chi connectivity index (χ0n) is 16.9. The summed E-state index contributed by atoms with van der Waals surface area (Å²) in [4.78, 5) is 0. The van der Waals surface area contributed by atoms with Gasteiger partial charge in [-0.2, -0.15) is 13.2 Å². The molecule has 0 N–H and O–H groups in total. The molecule has 0 saturated heterocycles. The molecule has 0 radical (unpaired) electrons. The molecule has 3 rings (SSSR count). The molecule has 0 unspecified atom stereocenters. The SMILES string of the molecule is C=CCCc1ccc(-c2ccc(CCc3cc(F)c(C(F)(F)F)c(F)c3)c(F)c2)c(F)c1. The lowest BCUT2D eigenvalue weighted by Crippen LogP contribution is -2.12. The predicted octanol–water partition coefficient (Wildman–Crippen LogP) is 7.83. The van der Waals surface area contributed by atoms with E-state index in [2.05, 4.69) is 6.58 Å². The number of hydrogen-bond acceptors (Lipinski definition) is 0. The van der Waals surface area contributed by atoms with Crippen LogP contribution >= 0.6 is 0 Å². The monoisotopic (exact) mass is 452 g/mol. The summed E-state index contributed by atoms with van der Waals surface area (Å²) in [7, 11) is 0. The summed E-state index contributed by atoms with van der Waals surface area (Å²) in [6, 6.07) is 10.0. The van der Waals surface area contributed by atoms with Gasteiger partial charge in [-0.05, 0) is 72.2 Å². The van der Waals surface area contributed by atoms with E-state index >= 15 is 0 Å². The van der Waals surface area contributed by atoms with Crippen molar-refractivity contribution in [2.24, 2.45) is 0 Å². The smallest absolute Gasteiger partial charge is 0.207 e. The third-order valence-corrected chi connectivity index (χ3v) is 5.10. The number of allylic oxidation sites excluding steroid dienone is 1. The molecule has 3 aromatic carbocycles. The van der Waals surface area contributed by atoms with E-state index in [0.29, 0.717) is 30.5 Å². The maximum atomic E-state index is 14.6. The minimum Gasteiger partial charge on any atom is -0.207 e. The van der Waals surface area contributed by atoms with Crippen LogP contribution in [0.5, 0.6) is 0 Å². The molecule has 0 fully saturated rings. The highest BCUT2D eigenvalue weighted by Crippen LogP contribution is 2.34. The number of halogens is 7. The summed E-state index contributed by atoms with van der Waals surface area (Å²) in [5.74, 6) is -4.56. The Balaban J connectivity index is 1.76. The average Bonchev–Trinajstić information content (AvgIpc) is 2.70. The Morgan fingerprint density at radius 1 is 0.688 bits per heavy atom. The number of benzene rings is 3. The van der Waals surface area contributed by atoms with Gasteiger partial charge in [0.05, 0.1) is 0 Å². The first kappa shape index (κ1) is 23.6. The molecule has 0 atom stereocenters. The number of alkyl halides is 3. The Bertz CT molecular complexity index is 1110. The van der Waals surface area contributed by atoms with Crippen molar-refractivity contribution in [3.05, 3.63) is 107 Å². The fourth-order valence-electron chi connectivity index (χ4n) is 3.45. The van der Waals surface area contributed by atoms with Crippen molar-refractivity contribution >= 4 is 0 Å². The normalized spacial score (nSPS) is 11.6. The standard InChI is InChI=1S/C25H19F7/c1-2-3-4-15-6-10-19(21(27)11-15)18-9-8-17(20(26)14-18)7-5-16-12-22(28)24(23(29)13-16)25(30,31)32/h2,6,8-14H,1,3-5,7H2. The second-order valence-electron chi connectivity index (χ2n) is 7.38. The molecule has 0 heterocycles. The van der Waals surface area contributed by atoms with Gasteiger partial charge in [0.2, 0.25) is 0 Å². The molecule has 0 aliphatic heterocycles. The molecule has 32 heavy (non-hydrogen) atoms. The number of hydrogen-bond donors (Lipinski definition) is 0. The molecule has 0 saturated carbocycles. The van der Waals surface area contributed by atoms with Gasteiger partial charge < -0.3 is 0 Å². The average molecular weight is 452 g/mol. The largest absolute Gasteiger partial charge is 0.422 e. The van der Waals surface area contributed by atoms with Gasteiger partial charge in [0.15, 0.2) is 0 Å². The van der Waals surface area contributed by atoms with Crippen LogP contribution in [0.2, 0.25) is 0 Å². The van der Waals surface area contributed by atoms with Gasteiger partial charge in [-0.3, -0.25) is 0 Å². The lowest BCUT2D eigenvalue weighted by Gasteiger charge is -2.12. The molecule has 0 aliphatic rings. The topological polar surface area (TPSA) is 0 Å². The van der Waals surface area contributed by atoms with Crippen molar-refractivity contribution in [1.29, 1.82) is 0 Å². The minimum atomic E-state index is -5.15. The van der Waals surface area contributed by atoms with Gasteiger partial charge in [-0.1, -0.05) is 30.3 Å². The van der Waals surface area contributed by atoms with Crippen molar-refractivity contribution in [2.75, 3.05) is 0 Å². The predicted molar refractivity (Wildman–Crippen MR) is 109 cm³/mol. The summed E-state index contributed by atoms with van der Waals surface area (Å²) >= 11 is 0. The second-order valence-corrected chi connectivity index (χ2v) is 7.38. The van der Waals surface area contributed by atoms with Crippen LogP contribution in [0.1, 0.15) is 28.7 Å². The van der Waals surface area contributed by atoms with Crippen LogP contribution < -0.4 is 0 Å². The Kier molecular flexibility index (Phi) is 7.06. The molecular formula is C25H19F7. The molecule has 0 spiro atoms. The highest BCUT2D eigenvalue weighted by atomic mass is 19.4. The Labute approximate surface area is 181 Å². The maximum Gasteiger partial charge on any atom is 0.422 e. The summed E-state index contributed by atoms with van der Waals surface area (Å²) in [6.45, 7) is 3.62. The molecule has 168 valence electrons. The lowest BCUT2D eigenvalue weighted by molar-refractivity contribution is -0.142. The Morgan fingerprint density at radius 3 is 1.91 bits per heavy atom. The van der Waals surface area contributed by atoms with Crippen molar-refractivity contribution in [3.8, 4) is 11.1 Å². The van der Waals surface area contributed by atoms with E-state index in [1.165, 1.54) is 18.2 Å². The molecule has 3 aromatic rings. The first-order valence-electron chi connectivity index (χ1n) is 9.83. The van der Waals surface area contributed by atoms with E-state index in [1.54, 1.807) is 18.2 Å². The van der Waals surface area contributed by atoms with Crippen molar-refractivity contribution in [1.82, 2.24) is 0 Å². The molecule has 0 amide bonds. The third-order valence-electron chi connectivity index (χ3n) is 5.10. The zero-order valence-corrected chi connectivity index (χ0v) is 16.9. The van der Waals surface area contributed by atoms with E-state index in [-0.39, 0.29) is 29.5 Å². The van der Waals surface area contributed by atoms with Gasteiger partial charge in [0, 0.05) is 5.56 Å². The van der Waals surface area contributed by atoms with Gasteiger partial charge in [0.25, 0.3) is 0 Å². The number of aryl methyl sites for hydroxylation is 3. The molecule has 0 bridgehead atoms. The summed E-state index contributed by atoms with van der Waals surface area (Å²) in [5.41, 5.74) is -0.445. The van der Waals surface area contributed by atoms with Gasteiger partial charge in [-0.25, -0.2) is 17.6 Å². The van der Waals surface area contributed by atoms with Gasteiger partial charge in [0.1, 0.15) is 28.8 Å². The highest BCUT2D eigenvalue weighted by Gasteiger charge is 2.37. The van der Waals surface area contributed by atoms with Crippen molar-refractivity contribution in [3.63, 3.8) is 0 Å². The summed E-state index contributed by atoms with van der Waals surface area (Å²) < 4.78 is 94.5. The Hall–Kier alpha value is -3.09. The first-order valence-corrected chi connectivity index (χ1v) is 9.83. The first-order chi connectivity index (χ1) is 15.1. The molecule has 0 aliphatic carbocycles. The molecule has 0 aromatic heterocycles. The fourth-order valence-corrected chi connectivity index (χ4v) is 3.45. The Morgan fingerprint density at radius 2 is 1.34 bits per heavy atom. The molecule has 0 nitrogen and oxygen atoms in total. The van der Waals surface area contributed by atoms with E-state index in [4.69, 9.17) is 0 Å².